The van der Waals surface area contributed by atoms with Crippen molar-refractivity contribution in [1.29, 1.82) is 5.26 Å². The molecule has 2 N–H and O–H groups in total. The number of H-pyrrole nitrogens is 1. The molecule has 1 heterocycles. The maximum absolute atomic E-state index is 8.38. The van der Waals surface area contributed by atoms with E-state index in [9.17, 15) is 0 Å². The first-order valence-corrected chi connectivity index (χ1v) is 2.96. The summed E-state index contributed by atoms with van der Waals surface area (Å²) in [5.74, 6) is 0. The van der Waals surface area contributed by atoms with Crippen LogP contribution in [-0.4, -0.2) is 17.2 Å². The van der Waals surface area contributed by atoms with Crippen molar-refractivity contribution in [2.45, 2.75) is 6.54 Å². The summed E-state index contributed by atoms with van der Waals surface area (Å²) < 4.78 is 0. The molecule has 0 aliphatic carbocycles. The van der Waals surface area contributed by atoms with Crippen molar-refractivity contribution in [3.05, 3.63) is 17.5 Å². The second kappa shape index (κ2) is 2.99. The van der Waals surface area contributed by atoms with Gasteiger partial charge in [-0.3, -0.25) is 5.10 Å². The van der Waals surface area contributed by atoms with Crippen molar-refractivity contribution in [2.75, 3.05) is 7.05 Å². The minimum atomic E-state index is 0.505. The molecule has 0 spiro atoms. The van der Waals surface area contributed by atoms with Crippen LogP contribution in [0.4, 0.5) is 0 Å². The van der Waals surface area contributed by atoms with E-state index in [4.69, 9.17) is 5.26 Å². The molecule has 1 rings (SSSR count). The standard InChI is InChI=1S/C6H8N4/c1-8-4-6-2-5(3-7)9-10-6/h2,8H,4H2,1H3,(H,9,10). The SMILES string of the molecule is CNCc1cc(C#N)[nH]n1. The number of nitrogens with one attached hydrogen (secondary N) is 2. The van der Waals surface area contributed by atoms with E-state index in [2.05, 4.69) is 15.5 Å². The third-order valence-electron chi connectivity index (χ3n) is 1.11. The molecule has 0 fully saturated rings. The van der Waals surface area contributed by atoms with Crippen LogP contribution in [0.15, 0.2) is 6.07 Å². The molecule has 1 aromatic heterocycles. The van der Waals surface area contributed by atoms with Crippen molar-refractivity contribution >= 4 is 0 Å². The zero-order valence-corrected chi connectivity index (χ0v) is 5.68. The summed E-state index contributed by atoms with van der Waals surface area (Å²) in [5, 5.41) is 17.8. The summed E-state index contributed by atoms with van der Waals surface area (Å²) in [4.78, 5) is 0. The molecule has 4 heteroatoms. The molecule has 0 unspecified atom stereocenters. The van der Waals surface area contributed by atoms with E-state index in [1.165, 1.54) is 0 Å². The molecule has 10 heavy (non-hydrogen) atoms. The highest BCUT2D eigenvalue weighted by atomic mass is 15.1. The molecular formula is C6H8N4. The lowest BCUT2D eigenvalue weighted by Crippen LogP contribution is -2.04. The predicted molar refractivity (Wildman–Crippen MR) is 36.1 cm³/mol. The van der Waals surface area contributed by atoms with Crippen LogP contribution < -0.4 is 5.32 Å². The van der Waals surface area contributed by atoms with Crippen LogP contribution >= 0.6 is 0 Å². The molecule has 4 nitrogen and oxygen atoms in total. The van der Waals surface area contributed by atoms with Gasteiger partial charge in [0.05, 0.1) is 5.69 Å². The van der Waals surface area contributed by atoms with Gasteiger partial charge in [-0.1, -0.05) is 0 Å². The van der Waals surface area contributed by atoms with Gasteiger partial charge >= 0.3 is 0 Å². The number of rotatable bonds is 2. The zero-order valence-electron chi connectivity index (χ0n) is 5.68. The van der Waals surface area contributed by atoms with E-state index in [1.54, 1.807) is 6.07 Å². The van der Waals surface area contributed by atoms with Crippen molar-refractivity contribution < 1.29 is 0 Å². The second-order valence-corrected chi connectivity index (χ2v) is 1.92. The van der Waals surface area contributed by atoms with Gasteiger partial charge in [-0.2, -0.15) is 10.4 Å². The van der Waals surface area contributed by atoms with Crippen LogP contribution in [0.5, 0.6) is 0 Å². The van der Waals surface area contributed by atoms with Gasteiger partial charge in [0.15, 0.2) is 0 Å². The van der Waals surface area contributed by atoms with E-state index in [-0.39, 0.29) is 0 Å². The summed E-state index contributed by atoms with van der Waals surface area (Å²) in [6.07, 6.45) is 0. The molecule has 0 bridgehead atoms. The monoisotopic (exact) mass is 136 g/mol. The Kier molecular flexibility index (Phi) is 2.03. The summed E-state index contributed by atoms with van der Waals surface area (Å²) in [6.45, 7) is 0.693. The Hall–Kier alpha value is -1.34. The zero-order chi connectivity index (χ0) is 7.40. The molecule has 1 aromatic rings. The smallest absolute Gasteiger partial charge is 0.135 e. The van der Waals surface area contributed by atoms with Crippen molar-refractivity contribution in [3.8, 4) is 6.07 Å². The number of aromatic nitrogens is 2. The van der Waals surface area contributed by atoms with Crippen LogP contribution in [0, 0.1) is 11.3 Å². The fourth-order valence-electron chi connectivity index (χ4n) is 0.692. The normalized spacial score (nSPS) is 9.20. The van der Waals surface area contributed by atoms with Gasteiger partial charge in [0.2, 0.25) is 0 Å². The number of hydrogen-bond acceptors (Lipinski definition) is 3. The van der Waals surface area contributed by atoms with Crippen LogP contribution in [0.3, 0.4) is 0 Å². The first-order valence-electron chi connectivity index (χ1n) is 2.96. The third kappa shape index (κ3) is 1.33. The van der Waals surface area contributed by atoms with E-state index >= 15 is 0 Å². The summed E-state index contributed by atoms with van der Waals surface area (Å²) in [5.41, 5.74) is 1.37. The first kappa shape index (κ1) is 6.78. The quantitative estimate of drug-likeness (QED) is 0.601. The molecule has 0 aliphatic rings. The molecule has 0 aromatic carbocycles. The Balaban J connectivity index is 2.71. The van der Waals surface area contributed by atoms with E-state index in [1.807, 2.05) is 13.1 Å². The summed E-state index contributed by atoms with van der Waals surface area (Å²) in [6, 6.07) is 3.68. The Morgan fingerprint density at radius 3 is 3.20 bits per heavy atom. The highest BCUT2D eigenvalue weighted by Gasteiger charge is 1.96. The molecule has 52 valence electrons. The average molecular weight is 136 g/mol. The molecule has 0 saturated heterocycles. The Bertz CT molecular complexity index is 244. The lowest BCUT2D eigenvalue weighted by molar-refractivity contribution is 0.784. The number of nitrogens with zero attached hydrogens (tertiary/aromatic N) is 2. The molecule has 0 amide bonds. The summed E-state index contributed by atoms with van der Waals surface area (Å²) >= 11 is 0. The van der Waals surface area contributed by atoms with Crippen molar-refractivity contribution in [2.24, 2.45) is 0 Å². The Morgan fingerprint density at radius 1 is 1.90 bits per heavy atom. The van der Waals surface area contributed by atoms with Crippen LogP contribution in [-0.2, 0) is 6.54 Å². The lowest BCUT2D eigenvalue weighted by Gasteiger charge is -1.88. The second-order valence-electron chi connectivity index (χ2n) is 1.92. The Morgan fingerprint density at radius 2 is 2.70 bits per heavy atom. The van der Waals surface area contributed by atoms with Gasteiger partial charge in [0.25, 0.3) is 0 Å². The molecule has 0 saturated carbocycles. The highest BCUT2D eigenvalue weighted by Crippen LogP contribution is 1.95. The minimum absolute atomic E-state index is 0.505. The highest BCUT2D eigenvalue weighted by molar-refractivity contribution is 5.21. The van der Waals surface area contributed by atoms with Crippen molar-refractivity contribution in [3.63, 3.8) is 0 Å². The number of nitriles is 1. The molecular weight excluding hydrogens is 128 g/mol. The minimum Gasteiger partial charge on any atom is -0.314 e. The van der Waals surface area contributed by atoms with Gasteiger partial charge in [-0.15, -0.1) is 0 Å². The topological polar surface area (TPSA) is 64.5 Å². The van der Waals surface area contributed by atoms with E-state index in [0.717, 1.165) is 5.69 Å². The summed E-state index contributed by atoms with van der Waals surface area (Å²) in [7, 11) is 1.83. The number of hydrogen-bond donors (Lipinski definition) is 2. The van der Waals surface area contributed by atoms with E-state index < -0.39 is 0 Å². The van der Waals surface area contributed by atoms with Crippen LogP contribution in [0.1, 0.15) is 11.4 Å². The first-order chi connectivity index (χ1) is 4.86. The average Bonchev–Trinajstić information content (AvgIpc) is 2.37. The largest absolute Gasteiger partial charge is 0.314 e. The Labute approximate surface area is 58.9 Å². The van der Waals surface area contributed by atoms with Gasteiger partial charge < -0.3 is 5.32 Å². The maximum Gasteiger partial charge on any atom is 0.135 e. The van der Waals surface area contributed by atoms with Crippen molar-refractivity contribution in [1.82, 2.24) is 15.5 Å². The lowest BCUT2D eigenvalue weighted by atomic mass is 10.4. The fraction of sp³-hybridized carbons (Fsp3) is 0.333. The number of aromatic amines is 1. The third-order valence-corrected chi connectivity index (χ3v) is 1.11. The molecule has 0 radical (unpaired) electrons. The predicted octanol–water partition coefficient (Wildman–Crippen LogP) is 0.000780. The van der Waals surface area contributed by atoms with Crippen LogP contribution in [0.25, 0.3) is 0 Å². The van der Waals surface area contributed by atoms with Gasteiger partial charge in [0.1, 0.15) is 11.8 Å². The molecule has 0 atom stereocenters. The molecule has 0 aliphatic heterocycles. The van der Waals surface area contributed by atoms with Gasteiger partial charge in [-0.05, 0) is 13.1 Å². The van der Waals surface area contributed by atoms with E-state index in [0.29, 0.717) is 12.2 Å². The fourth-order valence-corrected chi connectivity index (χ4v) is 0.692. The van der Waals surface area contributed by atoms with Crippen LogP contribution in [0.2, 0.25) is 0 Å². The van der Waals surface area contributed by atoms with Gasteiger partial charge in [0, 0.05) is 6.54 Å². The maximum atomic E-state index is 8.38. The van der Waals surface area contributed by atoms with Gasteiger partial charge in [-0.25, -0.2) is 0 Å².